The molecule has 1 saturated heterocycles. The van der Waals surface area contributed by atoms with E-state index in [1.165, 1.54) is 12.5 Å². The van der Waals surface area contributed by atoms with E-state index in [9.17, 15) is 4.39 Å². The van der Waals surface area contributed by atoms with E-state index in [0.717, 1.165) is 19.6 Å². The Bertz CT molecular complexity index is 384. The highest BCUT2D eigenvalue weighted by atomic mass is 35.5. The average molecular weight is 257 g/mol. The Morgan fingerprint density at radius 1 is 1.53 bits per heavy atom. The molecule has 0 aromatic heterocycles. The Hall–Kier alpha value is -0.640. The molecule has 1 aliphatic rings. The predicted molar refractivity (Wildman–Crippen MR) is 68.7 cm³/mol. The number of likely N-dealkylation sites (tertiary alicyclic amines) is 1. The third-order valence-electron chi connectivity index (χ3n) is 3.25. The molecule has 1 aromatic rings. The fraction of sp³-hybridized carbons (Fsp3) is 0.538. The molecule has 1 unspecified atom stereocenters. The second kappa shape index (κ2) is 5.80. The van der Waals surface area contributed by atoms with Crippen molar-refractivity contribution < 1.29 is 4.39 Å². The largest absolute Gasteiger partial charge is 0.312 e. The maximum Gasteiger partial charge on any atom is 0.127 e. The van der Waals surface area contributed by atoms with Gasteiger partial charge in [0.1, 0.15) is 5.82 Å². The Morgan fingerprint density at radius 3 is 3.06 bits per heavy atom. The van der Waals surface area contributed by atoms with Gasteiger partial charge in [0.05, 0.1) is 0 Å². The molecule has 0 spiro atoms. The Labute approximate surface area is 107 Å². The molecule has 1 N–H and O–H groups in total. The number of nitrogens with one attached hydrogen (secondary N) is 1. The van der Waals surface area contributed by atoms with Crippen LogP contribution in [0.1, 0.15) is 12.0 Å². The van der Waals surface area contributed by atoms with Crippen LogP contribution in [0, 0.1) is 11.7 Å². The molecule has 1 heterocycles. The second-order valence-corrected chi connectivity index (χ2v) is 5.22. The summed E-state index contributed by atoms with van der Waals surface area (Å²) in [4.78, 5) is 2.33. The molecule has 0 radical (unpaired) electrons. The first kappa shape index (κ1) is 12.8. The molecule has 0 bridgehead atoms. The molecule has 17 heavy (non-hydrogen) atoms. The molecule has 1 aromatic carbocycles. The summed E-state index contributed by atoms with van der Waals surface area (Å²) in [6.45, 7) is 3.78. The molecule has 0 saturated carbocycles. The summed E-state index contributed by atoms with van der Waals surface area (Å²) >= 11 is 5.84. The summed E-state index contributed by atoms with van der Waals surface area (Å²) < 4.78 is 13.4. The topological polar surface area (TPSA) is 15.3 Å². The maximum absolute atomic E-state index is 13.4. The fourth-order valence-electron chi connectivity index (χ4n) is 2.28. The highest BCUT2D eigenvalue weighted by Gasteiger charge is 2.18. The van der Waals surface area contributed by atoms with Crippen LogP contribution in [0.4, 0.5) is 4.39 Å². The molecular weight excluding hydrogens is 239 g/mol. The third-order valence-corrected chi connectivity index (χ3v) is 3.48. The van der Waals surface area contributed by atoms with E-state index < -0.39 is 0 Å². The molecule has 1 aliphatic heterocycles. The van der Waals surface area contributed by atoms with Crippen molar-refractivity contribution in [1.29, 1.82) is 0 Å². The van der Waals surface area contributed by atoms with Gasteiger partial charge in [0.15, 0.2) is 0 Å². The van der Waals surface area contributed by atoms with Gasteiger partial charge in [-0.3, -0.25) is 0 Å². The van der Waals surface area contributed by atoms with E-state index in [2.05, 4.69) is 17.3 Å². The van der Waals surface area contributed by atoms with Gasteiger partial charge < -0.3 is 10.2 Å². The normalized spacial score (nSPS) is 21.0. The number of hydrogen-bond donors (Lipinski definition) is 1. The van der Waals surface area contributed by atoms with Gasteiger partial charge in [0.2, 0.25) is 0 Å². The lowest BCUT2D eigenvalue weighted by atomic mass is 10.1. The Morgan fingerprint density at radius 2 is 2.35 bits per heavy atom. The van der Waals surface area contributed by atoms with Crippen molar-refractivity contribution in [3.05, 3.63) is 34.6 Å². The number of rotatable bonds is 4. The number of hydrogen-bond acceptors (Lipinski definition) is 2. The third kappa shape index (κ3) is 3.66. The van der Waals surface area contributed by atoms with Gasteiger partial charge in [-0.05, 0) is 50.7 Å². The molecule has 2 rings (SSSR count). The van der Waals surface area contributed by atoms with Crippen molar-refractivity contribution in [3.63, 3.8) is 0 Å². The van der Waals surface area contributed by atoms with E-state index in [4.69, 9.17) is 11.6 Å². The SMILES string of the molecule is CN1CCC(CNCc2cc(Cl)ccc2F)C1. The van der Waals surface area contributed by atoms with Gasteiger partial charge in [-0.25, -0.2) is 4.39 Å². The van der Waals surface area contributed by atoms with Crippen molar-refractivity contribution >= 4 is 11.6 Å². The minimum Gasteiger partial charge on any atom is -0.312 e. The van der Waals surface area contributed by atoms with Gasteiger partial charge in [-0.15, -0.1) is 0 Å². The zero-order chi connectivity index (χ0) is 12.3. The van der Waals surface area contributed by atoms with Crippen LogP contribution in [-0.2, 0) is 6.54 Å². The van der Waals surface area contributed by atoms with E-state index in [1.54, 1.807) is 12.1 Å². The molecule has 0 amide bonds. The van der Waals surface area contributed by atoms with Crippen LogP contribution in [0.2, 0.25) is 5.02 Å². The molecule has 1 fully saturated rings. The summed E-state index contributed by atoms with van der Waals surface area (Å²) in [5.74, 6) is 0.493. The first-order valence-electron chi connectivity index (χ1n) is 5.98. The number of benzene rings is 1. The summed E-state index contributed by atoms with van der Waals surface area (Å²) in [6, 6.07) is 4.68. The van der Waals surface area contributed by atoms with Crippen LogP contribution >= 0.6 is 11.6 Å². The molecule has 1 atom stereocenters. The Balaban J connectivity index is 1.80. The van der Waals surface area contributed by atoms with Crippen LogP contribution < -0.4 is 5.32 Å². The standard InChI is InChI=1S/C13H18ClFN2/c1-17-5-4-10(9-17)7-16-8-11-6-12(14)2-3-13(11)15/h2-3,6,10,16H,4-5,7-9H2,1H3. The van der Waals surface area contributed by atoms with E-state index in [-0.39, 0.29) is 5.82 Å². The maximum atomic E-state index is 13.4. The molecule has 4 heteroatoms. The highest BCUT2D eigenvalue weighted by Crippen LogP contribution is 2.16. The van der Waals surface area contributed by atoms with Crippen LogP contribution in [0.25, 0.3) is 0 Å². The Kier molecular flexibility index (Phi) is 4.37. The zero-order valence-corrected chi connectivity index (χ0v) is 10.8. The smallest absolute Gasteiger partial charge is 0.127 e. The van der Waals surface area contributed by atoms with E-state index in [0.29, 0.717) is 23.0 Å². The van der Waals surface area contributed by atoms with E-state index >= 15 is 0 Å². The van der Waals surface area contributed by atoms with Crippen LogP contribution in [0.15, 0.2) is 18.2 Å². The summed E-state index contributed by atoms with van der Waals surface area (Å²) in [5.41, 5.74) is 0.642. The van der Waals surface area contributed by atoms with Gasteiger partial charge in [-0.1, -0.05) is 11.6 Å². The average Bonchev–Trinajstić information content (AvgIpc) is 2.69. The molecule has 94 valence electrons. The first-order chi connectivity index (χ1) is 8.15. The van der Waals surface area contributed by atoms with Crippen molar-refractivity contribution in [2.45, 2.75) is 13.0 Å². The van der Waals surface area contributed by atoms with Crippen LogP contribution in [0.3, 0.4) is 0 Å². The fourth-order valence-corrected chi connectivity index (χ4v) is 2.48. The number of nitrogens with zero attached hydrogens (tertiary/aromatic N) is 1. The van der Waals surface area contributed by atoms with Gasteiger partial charge in [-0.2, -0.15) is 0 Å². The monoisotopic (exact) mass is 256 g/mol. The lowest BCUT2D eigenvalue weighted by Crippen LogP contribution is -2.25. The summed E-state index contributed by atoms with van der Waals surface area (Å²) in [5, 5.41) is 3.89. The van der Waals surface area contributed by atoms with E-state index in [1.807, 2.05) is 0 Å². The zero-order valence-electron chi connectivity index (χ0n) is 10.0. The van der Waals surface area contributed by atoms with Gasteiger partial charge in [0, 0.05) is 23.7 Å². The minimum atomic E-state index is -0.189. The van der Waals surface area contributed by atoms with Crippen molar-refractivity contribution in [3.8, 4) is 0 Å². The van der Waals surface area contributed by atoms with Gasteiger partial charge in [0.25, 0.3) is 0 Å². The van der Waals surface area contributed by atoms with Crippen molar-refractivity contribution in [1.82, 2.24) is 10.2 Å². The van der Waals surface area contributed by atoms with Crippen LogP contribution in [0.5, 0.6) is 0 Å². The lowest BCUT2D eigenvalue weighted by Gasteiger charge is -2.12. The van der Waals surface area contributed by atoms with Crippen molar-refractivity contribution in [2.24, 2.45) is 5.92 Å². The van der Waals surface area contributed by atoms with Crippen LogP contribution in [-0.4, -0.2) is 31.6 Å². The lowest BCUT2D eigenvalue weighted by molar-refractivity contribution is 0.387. The van der Waals surface area contributed by atoms with Crippen molar-refractivity contribution in [2.75, 3.05) is 26.7 Å². The quantitative estimate of drug-likeness (QED) is 0.891. The molecule has 0 aliphatic carbocycles. The first-order valence-corrected chi connectivity index (χ1v) is 6.36. The minimum absolute atomic E-state index is 0.189. The highest BCUT2D eigenvalue weighted by molar-refractivity contribution is 6.30. The summed E-state index contributed by atoms with van der Waals surface area (Å²) in [7, 11) is 2.14. The molecular formula is C13H18ClFN2. The van der Waals surface area contributed by atoms with Gasteiger partial charge >= 0.3 is 0 Å². The number of halogens is 2. The predicted octanol–water partition coefficient (Wildman–Crippen LogP) is 2.52. The molecule has 2 nitrogen and oxygen atoms in total. The second-order valence-electron chi connectivity index (χ2n) is 4.78. The summed E-state index contributed by atoms with van der Waals surface area (Å²) in [6.07, 6.45) is 1.22.